The molecule has 0 aromatic heterocycles. The molecule has 1 amide bonds. The molecule has 0 aromatic rings. The number of ether oxygens (including phenoxy) is 1. The minimum Gasteiger partial charge on any atom is -0.444 e. The number of rotatable bonds is 5. The molecule has 0 atom stereocenters. The summed E-state index contributed by atoms with van der Waals surface area (Å²) in [5.41, 5.74) is -0.399. The number of nitrogens with one attached hydrogen (secondary N) is 1. The van der Waals surface area contributed by atoms with Crippen molar-refractivity contribution < 1.29 is 9.53 Å². The van der Waals surface area contributed by atoms with Gasteiger partial charge in [0.05, 0.1) is 0 Å². The van der Waals surface area contributed by atoms with E-state index in [2.05, 4.69) is 10.2 Å². The van der Waals surface area contributed by atoms with Crippen molar-refractivity contribution in [2.24, 2.45) is 0 Å². The maximum absolute atomic E-state index is 11.8. The summed E-state index contributed by atoms with van der Waals surface area (Å²) < 4.78 is 5.35. The molecule has 2 heterocycles. The van der Waals surface area contributed by atoms with Gasteiger partial charge >= 0.3 is 6.09 Å². The molecule has 2 rings (SSSR count). The number of hydrogen-bond acceptors (Lipinski definition) is 4. The van der Waals surface area contributed by atoms with Gasteiger partial charge in [0.15, 0.2) is 0 Å². The molecule has 21 heavy (non-hydrogen) atoms. The lowest BCUT2D eigenvalue weighted by Gasteiger charge is -2.40. The van der Waals surface area contributed by atoms with Gasteiger partial charge in [-0.1, -0.05) is 6.42 Å². The van der Waals surface area contributed by atoms with E-state index in [1.165, 1.54) is 45.3 Å². The van der Waals surface area contributed by atoms with Gasteiger partial charge in [-0.05, 0) is 66.2 Å². The van der Waals surface area contributed by atoms with Gasteiger partial charge in [-0.15, -0.1) is 0 Å². The number of carbonyl (C=O) groups excluding carboxylic acids is 1. The molecule has 2 aliphatic heterocycles. The second-order valence-electron chi connectivity index (χ2n) is 7.29. The van der Waals surface area contributed by atoms with Crippen LogP contribution in [0.4, 0.5) is 4.79 Å². The number of nitrogens with zero attached hydrogens (tertiary/aromatic N) is 2. The largest absolute Gasteiger partial charge is 0.444 e. The van der Waals surface area contributed by atoms with Crippen LogP contribution in [0.25, 0.3) is 0 Å². The monoisotopic (exact) mass is 297 g/mol. The maximum Gasteiger partial charge on any atom is 0.410 e. The molecule has 0 unspecified atom stereocenters. The SMILES string of the molecule is CC(C)(C)OC(=O)N1CC(NCCCN2CCCCC2)C1. The molecule has 2 aliphatic rings. The molecule has 0 bridgehead atoms. The Morgan fingerprint density at radius 3 is 2.48 bits per heavy atom. The van der Waals surface area contributed by atoms with Gasteiger partial charge in [0.1, 0.15) is 5.60 Å². The Balaban J connectivity index is 1.49. The van der Waals surface area contributed by atoms with Gasteiger partial charge in [-0.3, -0.25) is 0 Å². The molecule has 5 heteroatoms. The molecule has 2 fully saturated rings. The fraction of sp³-hybridized carbons (Fsp3) is 0.938. The van der Waals surface area contributed by atoms with E-state index >= 15 is 0 Å². The van der Waals surface area contributed by atoms with E-state index in [0.717, 1.165) is 19.6 Å². The van der Waals surface area contributed by atoms with Crippen LogP contribution >= 0.6 is 0 Å². The predicted octanol–water partition coefficient (Wildman–Crippen LogP) is 2.07. The maximum atomic E-state index is 11.8. The molecule has 0 spiro atoms. The Morgan fingerprint density at radius 2 is 1.86 bits per heavy atom. The van der Waals surface area contributed by atoms with Crippen LogP contribution in [0.3, 0.4) is 0 Å². The zero-order valence-corrected chi connectivity index (χ0v) is 13.9. The molecular weight excluding hydrogens is 266 g/mol. The quantitative estimate of drug-likeness (QED) is 0.789. The third-order valence-electron chi connectivity index (χ3n) is 4.07. The number of amides is 1. The van der Waals surface area contributed by atoms with Crippen molar-refractivity contribution in [3.05, 3.63) is 0 Å². The molecule has 0 saturated carbocycles. The van der Waals surface area contributed by atoms with Gasteiger partial charge in [0.2, 0.25) is 0 Å². The first-order chi connectivity index (χ1) is 9.94. The predicted molar refractivity (Wildman–Crippen MR) is 84.5 cm³/mol. The molecule has 0 radical (unpaired) electrons. The van der Waals surface area contributed by atoms with Crippen molar-refractivity contribution in [3.63, 3.8) is 0 Å². The Kier molecular flexibility index (Phi) is 5.88. The normalized spacial score (nSPS) is 21.2. The van der Waals surface area contributed by atoms with E-state index in [9.17, 15) is 4.79 Å². The van der Waals surface area contributed by atoms with Crippen molar-refractivity contribution in [3.8, 4) is 0 Å². The van der Waals surface area contributed by atoms with Crippen LogP contribution in [0, 0.1) is 0 Å². The second kappa shape index (κ2) is 7.45. The first-order valence-electron chi connectivity index (χ1n) is 8.38. The first-order valence-corrected chi connectivity index (χ1v) is 8.38. The minimum absolute atomic E-state index is 0.186. The average molecular weight is 297 g/mol. The van der Waals surface area contributed by atoms with Crippen LogP contribution in [0.5, 0.6) is 0 Å². The fourth-order valence-corrected chi connectivity index (χ4v) is 2.88. The summed E-state index contributed by atoms with van der Waals surface area (Å²) >= 11 is 0. The zero-order chi connectivity index (χ0) is 15.3. The standard InChI is InChI=1S/C16H31N3O2/c1-16(2,3)21-15(20)19-12-14(13-19)17-8-7-11-18-9-5-4-6-10-18/h14,17H,4-13H2,1-3H3. The van der Waals surface area contributed by atoms with E-state index in [0.29, 0.717) is 6.04 Å². The summed E-state index contributed by atoms with van der Waals surface area (Å²) in [5.74, 6) is 0. The lowest BCUT2D eigenvalue weighted by Crippen LogP contribution is -2.60. The third-order valence-corrected chi connectivity index (χ3v) is 4.07. The fourth-order valence-electron chi connectivity index (χ4n) is 2.88. The smallest absolute Gasteiger partial charge is 0.410 e. The lowest BCUT2D eigenvalue weighted by molar-refractivity contribution is 0.00530. The number of likely N-dealkylation sites (tertiary alicyclic amines) is 2. The van der Waals surface area contributed by atoms with Crippen molar-refractivity contribution in [1.29, 1.82) is 0 Å². The number of carbonyl (C=O) groups is 1. The van der Waals surface area contributed by atoms with E-state index in [1.807, 2.05) is 20.8 Å². The highest BCUT2D eigenvalue weighted by Crippen LogP contribution is 2.15. The van der Waals surface area contributed by atoms with Crippen molar-refractivity contribution in [1.82, 2.24) is 15.1 Å². The molecule has 1 N–H and O–H groups in total. The molecule has 2 saturated heterocycles. The van der Waals surface area contributed by atoms with Crippen LogP contribution in [0.2, 0.25) is 0 Å². The highest BCUT2D eigenvalue weighted by atomic mass is 16.6. The molecule has 122 valence electrons. The van der Waals surface area contributed by atoms with Crippen molar-refractivity contribution >= 4 is 6.09 Å². The van der Waals surface area contributed by atoms with E-state index in [4.69, 9.17) is 4.74 Å². The van der Waals surface area contributed by atoms with E-state index < -0.39 is 5.60 Å². The second-order valence-corrected chi connectivity index (χ2v) is 7.29. The summed E-state index contributed by atoms with van der Waals surface area (Å²) in [7, 11) is 0. The van der Waals surface area contributed by atoms with E-state index in [1.54, 1.807) is 4.90 Å². The number of piperidine rings is 1. The van der Waals surface area contributed by atoms with Gasteiger partial charge in [-0.25, -0.2) is 4.79 Å². The summed E-state index contributed by atoms with van der Waals surface area (Å²) in [6, 6.07) is 0.443. The highest BCUT2D eigenvalue weighted by molar-refractivity contribution is 5.69. The van der Waals surface area contributed by atoms with Crippen LogP contribution in [0.15, 0.2) is 0 Å². The summed E-state index contributed by atoms with van der Waals surface area (Å²) in [4.78, 5) is 16.1. The van der Waals surface area contributed by atoms with Gasteiger partial charge in [0, 0.05) is 19.1 Å². The minimum atomic E-state index is -0.399. The Bertz CT molecular complexity index is 329. The number of hydrogen-bond donors (Lipinski definition) is 1. The Morgan fingerprint density at radius 1 is 1.19 bits per heavy atom. The molecular formula is C16H31N3O2. The molecule has 0 aliphatic carbocycles. The topological polar surface area (TPSA) is 44.8 Å². The Labute approximate surface area is 129 Å². The van der Waals surface area contributed by atoms with Gasteiger partial charge in [-0.2, -0.15) is 0 Å². The first kappa shape index (κ1) is 16.6. The van der Waals surface area contributed by atoms with Gasteiger partial charge in [0.25, 0.3) is 0 Å². The van der Waals surface area contributed by atoms with Crippen LogP contribution in [-0.2, 0) is 4.74 Å². The van der Waals surface area contributed by atoms with Gasteiger partial charge < -0.3 is 19.9 Å². The molecule has 5 nitrogen and oxygen atoms in total. The summed E-state index contributed by atoms with van der Waals surface area (Å²) in [5, 5.41) is 3.53. The lowest BCUT2D eigenvalue weighted by atomic mass is 10.1. The van der Waals surface area contributed by atoms with Crippen LogP contribution < -0.4 is 5.32 Å². The van der Waals surface area contributed by atoms with Crippen LogP contribution in [0.1, 0.15) is 46.5 Å². The average Bonchev–Trinajstić information content (AvgIpc) is 2.35. The van der Waals surface area contributed by atoms with Crippen molar-refractivity contribution in [2.45, 2.75) is 58.1 Å². The third kappa shape index (κ3) is 5.83. The van der Waals surface area contributed by atoms with E-state index in [-0.39, 0.29) is 6.09 Å². The summed E-state index contributed by atoms with van der Waals surface area (Å²) in [6.07, 6.45) is 5.14. The zero-order valence-electron chi connectivity index (χ0n) is 13.9. The van der Waals surface area contributed by atoms with Crippen molar-refractivity contribution in [2.75, 3.05) is 39.3 Å². The summed E-state index contributed by atoms with van der Waals surface area (Å²) in [6.45, 7) is 12.1. The Hall–Kier alpha value is -0.810. The van der Waals surface area contributed by atoms with Crippen LogP contribution in [-0.4, -0.2) is 66.8 Å². The highest BCUT2D eigenvalue weighted by Gasteiger charge is 2.33. The molecule has 0 aromatic carbocycles.